The van der Waals surface area contributed by atoms with E-state index in [1.807, 2.05) is 11.8 Å². The molecule has 0 bridgehead atoms. The van der Waals surface area contributed by atoms with Crippen molar-refractivity contribution < 1.29 is 9.84 Å². The van der Waals surface area contributed by atoms with E-state index < -0.39 is 0 Å². The average Bonchev–Trinajstić information content (AvgIpc) is 2.78. The second-order valence-electron chi connectivity index (χ2n) is 5.82. The third-order valence-electron chi connectivity index (χ3n) is 3.21. The van der Waals surface area contributed by atoms with Crippen molar-refractivity contribution in [3.05, 3.63) is 0 Å². The lowest BCUT2D eigenvalue weighted by molar-refractivity contribution is -0.00862. The molecule has 1 heterocycles. The van der Waals surface area contributed by atoms with Gasteiger partial charge < -0.3 is 15.2 Å². The maximum absolute atomic E-state index is 9.81. The molecule has 0 aromatic rings. The number of nitrogens with one attached hydrogen (secondary N) is 1. The van der Waals surface area contributed by atoms with E-state index in [0.29, 0.717) is 19.1 Å². The van der Waals surface area contributed by atoms with Crippen LogP contribution in [0.3, 0.4) is 0 Å². The molecule has 0 saturated carbocycles. The first-order chi connectivity index (χ1) is 8.58. The molecule has 0 aromatic heterocycles. The molecule has 4 heteroatoms. The molecule has 1 fully saturated rings. The fourth-order valence-electron chi connectivity index (χ4n) is 2.26. The van der Waals surface area contributed by atoms with Crippen molar-refractivity contribution in [3.63, 3.8) is 0 Å². The number of hydrogen-bond donors (Lipinski definition) is 2. The number of aliphatic hydroxyl groups excluding tert-OH is 1. The number of hydrogen-bond acceptors (Lipinski definition) is 4. The minimum Gasteiger partial charge on any atom is -0.389 e. The number of aliphatic hydroxyl groups is 1. The first-order valence-corrected chi connectivity index (χ1v) is 8.31. The summed E-state index contributed by atoms with van der Waals surface area (Å²) in [6, 6.07) is 0. The molecule has 0 spiro atoms. The summed E-state index contributed by atoms with van der Waals surface area (Å²) >= 11 is 2.03. The smallest absolute Gasteiger partial charge is 0.0897 e. The van der Waals surface area contributed by atoms with E-state index in [0.717, 1.165) is 18.9 Å². The van der Waals surface area contributed by atoms with E-state index in [9.17, 15) is 5.11 Å². The van der Waals surface area contributed by atoms with Gasteiger partial charge in [-0.2, -0.15) is 11.8 Å². The van der Waals surface area contributed by atoms with Crippen molar-refractivity contribution in [1.82, 2.24) is 5.32 Å². The van der Waals surface area contributed by atoms with Crippen LogP contribution in [0, 0.1) is 11.8 Å². The van der Waals surface area contributed by atoms with E-state index in [1.54, 1.807) is 0 Å². The van der Waals surface area contributed by atoms with Crippen LogP contribution >= 0.6 is 11.8 Å². The number of rotatable bonds is 9. The van der Waals surface area contributed by atoms with Gasteiger partial charge in [0.15, 0.2) is 0 Å². The lowest BCUT2D eigenvalue weighted by atomic mass is 10.1. The minimum absolute atomic E-state index is 0.242. The van der Waals surface area contributed by atoms with E-state index in [2.05, 4.69) is 26.1 Å². The Morgan fingerprint density at radius 1 is 1.39 bits per heavy atom. The standard InChI is InChI=1S/C14H29NO2S/c1-11(2)6-12(3)17-9-14(16)8-15-7-13-4-5-18-10-13/h11-16H,4-10H2,1-3H3. The van der Waals surface area contributed by atoms with Gasteiger partial charge in [0.1, 0.15) is 0 Å². The van der Waals surface area contributed by atoms with Crippen LogP contribution in [0.25, 0.3) is 0 Å². The van der Waals surface area contributed by atoms with Gasteiger partial charge in [-0.15, -0.1) is 0 Å². The Balaban J connectivity index is 1.97. The lowest BCUT2D eigenvalue weighted by Crippen LogP contribution is -2.34. The van der Waals surface area contributed by atoms with Gasteiger partial charge >= 0.3 is 0 Å². The number of ether oxygens (including phenoxy) is 1. The Kier molecular flexibility index (Phi) is 8.31. The van der Waals surface area contributed by atoms with Gasteiger partial charge in [-0.1, -0.05) is 13.8 Å². The molecule has 0 amide bonds. The molecule has 3 atom stereocenters. The quantitative estimate of drug-likeness (QED) is 0.676. The highest BCUT2D eigenvalue weighted by Gasteiger charge is 2.15. The van der Waals surface area contributed by atoms with Crippen LogP contribution in [0.15, 0.2) is 0 Å². The molecular formula is C14H29NO2S. The summed E-state index contributed by atoms with van der Waals surface area (Å²) in [5.74, 6) is 4.01. The molecule has 108 valence electrons. The summed E-state index contributed by atoms with van der Waals surface area (Å²) in [7, 11) is 0. The predicted octanol–water partition coefficient (Wildman–Crippen LogP) is 2.14. The maximum atomic E-state index is 9.81. The van der Waals surface area contributed by atoms with Crippen molar-refractivity contribution in [3.8, 4) is 0 Å². The Morgan fingerprint density at radius 2 is 2.17 bits per heavy atom. The summed E-state index contributed by atoms with van der Waals surface area (Å²) in [5, 5.41) is 13.2. The van der Waals surface area contributed by atoms with Gasteiger partial charge in [0.2, 0.25) is 0 Å². The second-order valence-corrected chi connectivity index (χ2v) is 6.97. The van der Waals surface area contributed by atoms with Gasteiger partial charge in [-0.05, 0) is 49.7 Å². The lowest BCUT2D eigenvalue weighted by Gasteiger charge is -2.19. The van der Waals surface area contributed by atoms with Crippen molar-refractivity contribution in [2.75, 3.05) is 31.2 Å². The molecule has 1 aliphatic rings. The summed E-state index contributed by atoms with van der Waals surface area (Å²) in [6.45, 7) is 8.59. The summed E-state index contributed by atoms with van der Waals surface area (Å²) in [4.78, 5) is 0. The second kappa shape index (κ2) is 9.18. The van der Waals surface area contributed by atoms with Gasteiger partial charge in [0.25, 0.3) is 0 Å². The zero-order valence-corrected chi connectivity index (χ0v) is 12.8. The van der Waals surface area contributed by atoms with Gasteiger partial charge in [-0.25, -0.2) is 0 Å². The van der Waals surface area contributed by atoms with Crippen LogP contribution in [-0.2, 0) is 4.74 Å². The van der Waals surface area contributed by atoms with E-state index in [-0.39, 0.29) is 12.2 Å². The number of thioether (sulfide) groups is 1. The Morgan fingerprint density at radius 3 is 2.78 bits per heavy atom. The summed E-state index contributed by atoms with van der Waals surface area (Å²) in [5.41, 5.74) is 0. The molecule has 1 aliphatic heterocycles. The first kappa shape index (κ1) is 16.3. The van der Waals surface area contributed by atoms with Crippen LogP contribution in [0.5, 0.6) is 0 Å². The monoisotopic (exact) mass is 275 g/mol. The van der Waals surface area contributed by atoms with Gasteiger partial charge in [0, 0.05) is 6.54 Å². The molecule has 0 aliphatic carbocycles. The molecule has 3 unspecified atom stereocenters. The summed E-state index contributed by atoms with van der Waals surface area (Å²) in [6.07, 6.45) is 2.23. The summed E-state index contributed by atoms with van der Waals surface area (Å²) < 4.78 is 5.64. The van der Waals surface area contributed by atoms with Gasteiger partial charge in [0.05, 0.1) is 18.8 Å². The highest BCUT2D eigenvalue weighted by atomic mass is 32.2. The fraction of sp³-hybridized carbons (Fsp3) is 1.00. The molecular weight excluding hydrogens is 246 g/mol. The van der Waals surface area contributed by atoms with Crippen LogP contribution in [0.2, 0.25) is 0 Å². The molecule has 18 heavy (non-hydrogen) atoms. The van der Waals surface area contributed by atoms with E-state index >= 15 is 0 Å². The predicted molar refractivity (Wildman–Crippen MR) is 79.2 cm³/mol. The minimum atomic E-state index is -0.381. The molecule has 0 aromatic carbocycles. The molecule has 2 N–H and O–H groups in total. The van der Waals surface area contributed by atoms with E-state index in [4.69, 9.17) is 4.74 Å². The highest BCUT2D eigenvalue weighted by molar-refractivity contribution is 7.99. The zero-order valence-electron chi connectivity index (χ0n) is 12.0. The molecule has 1 saturated heterocycles. The van der Waals surface area contributed by atoms with Crippen molar-refractivity contribution in [2.45, 2.75) is 45.8 Å². The van der Waals surface area contributed by atoms with Crippen LogP contribution in [-0.4, -0.2) is 48.5 Å². The molecule has 1 rings (SSSR count). The topological polar surface area (TPSA) is 41.5 Å². The molecule has 3 nitrogen and oxygen atoms in total. The van der Waals surface area contributed by atoms with Crippen molar-refractivity contribution >= 4 is 11.8 Å². The Bertz CT molecular complexity index is 208. The Hall–Kier alpha value is 0.230. The largest absolute Gasteiger partial charge is 0.389 e. The first-order valence-electron chi connectivity index (χ1n) is 7.16. The highest BCUT2D eigenvalue weighted by Crippen LogP contribution is 2.22. The van der Waals surface area contributed by atoms with Crippen LogP contribution in [0.1, 0.15) is 33.6 Å². The van der Waals surface area contributed by atoms with Gasteiger partial charge in [-0.3, -0.25) is 0 Å². The van der Waals surface area contributed by atoms with Crippen LogP contribution < -0.4 is 5.32 Å². The fourth-order valence-corrected chi connectivity index (χ4v) is 3.55. The maximum Gasteiger partial charge on any atom is 0.0897 e. The van der Waals surface area contributed by atoms with Crippen LogP contribution in [0.4, 0.5) is 0 Å². The normalized spacial score (nSPS) is 23.5. The van der Waals surface area contributed by atoms with Crippen molar-refractivity contribution in [1.29, 1.82) is 0 Å². The third-order valence-corrected chi connectivity index (χ3v) is 4.44. The zero-order chi connectivity index (χ0) is 13.4. The van der Waals surface area contributed by atoms with E-state index in [1.165, 1.54) is 17.9 Å². The Labute approximate surface area is 116 Å². The average molecular weight is 275 g/mol. The SMILES string of the molecule is CC(C)CC(C)OCC(O)CNCC1CCSC1. The molecule has 0 radical (unpaired) electrons. The third kappa shape index (κ3) is 7.62. The van der Waals surface area contributed by atoms with Crippen molar-refractivity contribution in [2.24, 2.45) is 11.8 Å².